The molecule has 1 aliphatic rings. The first-order valence-electron chi connectivity index (χ1n) is 11.9. The molecule has 0 aliphatic carbocycles. The van der Waals surface area contributed by atoms with Crippen molar-refractivity contribution in [1.29, 1.82) is 0 Å². The summed E-state index contributed by atoms with van der Waals surface area (Å²) in [6.07, 6.45) is 6.24. The van der Waals surface area contributed by atoms with Crippen molar-refractivity contribution in [1.82, 2.24) is 39.4 Å². The lowest BCUT2D eigenvalue weighted by Crippen LogP contribution is -2.52. The molecule has 0 bridgehead atoms. The maximum atomic E-state index is 14.7. The number of aromatic nitrogens is 7. The molecular formula is C25H23F2N9O2. The van der Waals surface area contributed by atoms with Gasteiger partial charge >= 0.3 is 0 Å². The molecule has 0 unspecified atom stereocenters. The Morgan fingerprint density at radius 2 is 1.95 bits per heavy atom. The van der Waals surface area contributed by atoms with E-state index in [1.807, 2.05) is 19.1 Å². The molecule has 11 nitrogen and oxygen atoms in total. The molecule has 4 aromatic heterocycles. The number of hydrogen-bond acceptors (Lipinski definition) is 10. The number of piperidine rings is 1. The molecule has 5 heterocycles. The van der Waals surface area contributed by atoms with Crippen LogP contribution in [-0.4, -0.2) is 71.6 Å². The van der Waals surface area contributed by atoms with Crippen LogP contribution in [0.15, 0.2) is 55.6 Å². The van der Waals surface area contributed by atoms with Crippen LogP contribution in [0.4, 0.5) is 20.3 Å². The van der Waals surface area contributed by atoms with Crippen LogP contribution in [0.5, 0.6) is 17.4 Å². The smallest absolute Gasteiger partial charge is 0.296 e. The Hall–Kier alpha value is -4.52. The van der Waals surface area contributed by atoms with Crippen molar-refractivity contribution < 1.29 is 18.3 Å². The molecule has 1 aromatic carbocycles. The number of fused-ring (bicyclic) bond motifs is 2. The molecule has 0 amide bonds. The van der Waals surface area contributed by atoms with Gasteiger partial charge in [0, 0.05) is 24.7 Å². The summed E-state index contributed by atoms with van der Waals surface area (Å²) in [6, 6.07) is 7.19. The number of aryl methyl sites for hydroxylation is 1. The summed E-state index contributed by atoms with van der Waals surface area (Å²) in [7, 11) is 1.67. The molecule has 1 atom stereocenters. The first kappa shape index (κ1) is 23.9. The quantitative estimate of drug-likeness (QED) is 0.353. The summed E-state index contributed by atoms with van der Waals surface area (Å²) in [4.78, 5) is 22.7. The number of nitrogens with one attached hydrogen (secondary N) is 1. The van der Waals surface area contributed by atoms with Crippen molar-refractivity contribution in [2.45, 2.75) is 25.4 Å². The second-order valence-corrected chi connectivity index (χ2v) is 9.15. The average molecular weight is 520 g/mol. The second-order valence-electron chi connectivity index (χ2n) is 9.15. The van der Waals surface area contributed by atoms with E-state index in [1.165, 1.54) is 25.2 Å². The topological polar surface area (TPSA) is 115 Å². The Morgan fingerprint density at radius 3 is 2.79 bits per heavy atom. The molecule has 38 heavy (non-hydrogen) atoms. The monoisotopic (exact) mass is 519 g/mol. The van der Waals surface area contributed by atoms with Gasteiger partial charge in [-0.2, -0.15) is 5.10 Å². The van der Waals surface area contributed by atoms with Crippen molar-refractivity contribution in [3.8, 4) is 17.4 Å². The SMILES string of the molecule is Cc1cc(Nc2ncnc3cncc(O[C@H]4CCN(C)CC4(F)F)c23)ccc1Oc1cc2ncnn2cn1. The molecule has 5 aromatic rings. The number of likely N-dealkylation sites (tertiary alicyclic amines) is 1. The summed E-state index contributed by atoms with van der Waals surface area (Å²) in [5, 5.41) is 7.75. The number of alkyl halides is 2. The lowest BCUT2D eigenvalue weighted by Gasteiger charge is -2.36. The van der Waals surface area contributed by atoms with Gasteiger partial charge in [-0.3, -0.25) is 4.98 Å². The molecule has 0 saturated carbocycles. The van der Waals surface area contributed by atoms with E-state index in [4.69, 9.17) is 9.47 Å². The number of rotatable bonds is 6. The number of halogens is 2. The van der Waals surface area contributed by atoms with Crippen LogP contribution in [0.25, 0.3) is 16.6 Å². The van der Waals surface area contributed by atoms with Gasteiger partial charge in [-0.15, -0.1) is 0 Å². The fourth-order valence-electron chi connectivity index (χ4n) is 4.41. The Balaban J connectivity index is 1.26. The minimum Gasteiger partial charge on any atom is -0.482 e. The van der Waals surface area contributed by atoms with E-state index >= 15 is 0 Å². The predicted molar refractivity (Wildman–Crippen MR) is 134 cm³/mol. The largest absolute Gasteiger partial charge is 0.482 e. The van der Waals surface area contributed by atoms with Gasteiger partial charge in [-0.1, -0.05) is 0 Å². The minimum atomic E-state index is -3.00. The highest BCUT2D eigenvalue weighted by molar-refractivity contribution is 5.95. The number of pyridine rings is 1. The van der Waals surface area contributed by atoms with Crippen LogP contribution >= 0.6 is 0 Å². The van der Waals surface area contributed by atoms with E-state index in [9.17, 15) is 8.78 Å². The lowest BCUT2D eigenvalue weighted by molar-refractivity contribution is -0.134. The van der Waals surface area contributed by atoms with Gasteiger partial charge in [0.1, 0.15) is 30.5 Å². The average Bonchev–Trinajstić information content (AvgIpc) is 3.35. The number of anilines is 2. The fraction of sp³-hybridized carbons (Fsp3) is 0.280. The minimum absolute atomic E-state index is 0.190. The van der Waals surface area contributed by atoms with Crippen LogP contribution in [0.2, 0.25) is 0 Å². The molecular weight excluding hydrogens is 496 g/mol. The zero-order valence-electron chi connectivity index (χ0n) is 20.5. The first-order valence-corrected chi connectivity index (χ1v) is 11.9. The van der Waals surface area contributed by atoms with Crippen molar-refractivity contribution in [3.63, 3.8) is 0 Å². The molecule has 0 spiro atoms. The summed E-state index contributed by atoms with van der Waals surface area (Å²) >= 11 is 0. The molecule has 1 N–H and O–H groups in total. The maximum Gasteiger partial charge on any atom is 0.296 e. The van der Waals surface area contributed by atoms with Crippen LogP contribution < -0.4 is 14.8 Å². The molecule has 6 rings (SSSR count). The first-order chi connectivity index (χ1) is 18.4. The molecule has 1 fully saturated rings. The molecule has 0 radical (unpaired) electrons. The van der Waals surface area contributed by atoms with E-state index in [2.05, 4.69) is 35.3 Å². The van der Waals surface area contributed by atoms with E-state index in [0.717, 1.165) is 5.56 Å². The zero-order valence-corrected chi connectivity index (χ0v) is 20.5. The van der Waals surface area contributed by atoms with Gasteiger partial charge in [0.2, 0.25) is 5.88 Å². The predicted octanol–water partition coefficient (Wildman–Crippen LogP) is 4.03. The van der Waals surface area contributed by atoms with Gasteiger partial charge in [-0.05, 0) is 37.7 Å². The molecule has 1 aliphatic heterocycles. The highest BCUT2D eigenvalue weighted by Crippen LogP contribution is 2.36. The summed E-state index contributed by atoms with van der Waals surface area (Å²) in [5.41, 5.74) is 2.64. The molecule has 13 heteroatoms. The highest BCUT2D eigenvalue weighted by atomic mass is 19.3. The van der Waals surface area contributed by atoms with E-state index < -0.39 is 12.0 Å². The molecule has 1 saturated heterocycles. The number of benzene rings is 1. The Kier molecular flexibility index (Phi) is 5.91. The van der Waals surface area contributed by atoms with Gasteiger partial charge in [0.05, 0.1) is 29.8 Å². The normalized spacial score (nSPS) is 17.5. The van der Waals surface area contributed by atoms with Crippen molar-refractivity contribution in [3.05, 3.63) is 61.2 Å². The third kappa shape index (κ3) is 4.63. The van der Waals surface area contributed by atoms with Crippen molar-refractivity contribution in [2.24, 2.45) is 0 Å². The van der Waals surface area contributed by atoms with Gasteiger partial charge < -0.3 is 19.7 Å². The Labute approximate surface area is 215 Å². The number of ether oxygens (including phenoxy) is 2. The van der Waals surface area contributed by atoms with Gasteiger partial charge in [0.25, 0.3) is 5.92 Å². The number of nitrogens with zero attached hydrogens (tertiary/aromatic N) is 8. The van der Waals surface area contributed by atoms with Crippen LogP contribution in [-0.2, 0) is 0 Å². The summed E-state index contributed by atoms with van der Waals surface area (Å²) < 4.78 is 42.7. The second kappa shape index (κ2) is 9.41. The van der Waals surface area contributed by atoms with Crippen molar-refractivity contribution in [2.75, 3.05) is 25.5 Å². The summed E-state index contributed by atoms with van der Waals surface area (Å²) in [6.45, 7) is 2.04. The van der Waals surface area contributed by atoms with Crippen LogP contribution in [0.1, 0.15) is 12.0 Å². The van der Waals surface area contributed by atoms with E-state index in [1.54, 1.807) is 34.8 Å². The Morgan fingerprint density at radius 1 is 1.05 bits per heavy atom. The zero-order chi connectivity index (χ0) is 26.3. The van der Waals surface area contributed by atoms with Crippen LogP contribution in [0.3, 0.4) is 0 Å². The summed E-state index contributed by atoms with van der Waals surface area (Å²) in [5.74, 6) is -1.39. The third-order valence-electron chi connectivity index (χ3n) is 6.31. The van der Waals surface area contributed by atoms with Crippen molar-refractivity contribution >= 4 is 28.1 Å². The van der Waals surface area contributed by atoms with Gasteiger partial charge in [-0.25, -0.2) is 33.2 Å². The fourth-order valence-corrected chi connectivity index (χ4v) is 4.41. The maximum absolute atomic E-state index is 14.7. The molecule has 194 valence electrons. The van der Waals surface area contributed by atoms with Gasteiger partial charge in [0.15, 0.2) is 17.5 Å². The Bertz CT molecular complexity index is 1620. The third-order valence-corrected chi connectivity index (χ3v) is 6.31. The van der Waals surface area contributed by atoms with E-state index in [-0.39, 0.29) is 18.7 Å². The lowest BCUT2D eigenvalue weighted by atomic mass is 10.0. The van der Waals surface area contributed by atoms with Crippen LogP contribution in [0, 0.1) is 6.92 Å². The van der Waals surface area contributed by atoms with E-state index in [0.29, 0.717) is 46.2 Å². The standard InChI is InChI=1S/C25H23F2N9O2/c1-15-7-16(3-4-18(15)38-22-8-21-30-13-33-36(21)14-32-22)34-24-23-17(29-12-31-24)9-28-10-19(23)37-20-5-6-35(2)11-25(20,26)27/h3-4,7-10,12-14,20H,5-6,11H2,1-2H3,(H,29,31,34)/t20-/m0/s1. The number of hydrogen-bond donors (Lipinski definition) is 1. The highest BCUT2D eigenvalue weighted by Gasteiger charge is 2.45.